The lowest BCUT2D eigenvalue weighted by atomic mass is 9.97. The molecule has 1 amide bonds. The van der Waals surface area contributed by atoms with Gasteiger partial charge >= 0.3 is 18.2 Å². The second-order valence-corrected chi connectivity index (χ2v) is 14.3. The molecule has 2 aromatic carbocycles. The zero-order valence-corrected chi connectivity index (χ0v) is 29.7. The number of hydrogen-bond donors (Lipinski definition) is 1. The van der Waals surface area contributed by atoms with Gasteiger partial charge in [0.1, 0.15) is 12.6 Å². The van der Waals surface area contributed by atoms with E-state index in [9.17, 15) is 36.4 Å². The molecule has 0 spiro atoms. The van der Waals surface area contributed by atoms with E-state index >= 15 is 0 Å². The van der Waals surface area contributed by atoms with E-state index in [4.69, 9.17) is 14.3 Å². The molecule has 274 valence electrons. The first kappa shape index (κ1) is 39.6. The largest absolute Gasteiger partial charge is 0.569 e. The van der Waals surface area contributed by atoms with Crippen LogP contribution in [0.4, 0.5) is 18.0 Å². The van der Waals surface area contributed by atoms with Crippen molar-refractivity contribution < 1.29 is 50.5 Å². The third-order valence-corrected chi connectivity index (χ3v) is 8.87. The van der Waals surface area contributed by atoms with Gasteiger partial charge in [0.05, 0.1) is 33.7 Å². The highest BCUT2D eigenvalue weighted by atomic mass is 32.2. The quantitative estimate of drug-likeness (QED) is 0.0687. The number of hydrogen-bond acceptors (Lipinski definition) is 10. The van der Waals surface area contributed by atoms with Crippen LogP contribution >= 0.6 is 0 Å². The maximum absolute atomic E-state index is 13.6. The van der Waals surface area contributed by atoms with Gasteiger partial charge in [0.2, 0.25) is 5.28 Å². The third-order valence-electron chi connectivity index (χ3n) is 7.54. The highest BCUT2D eigenvalue weighted by molar-refractivity contribution is 7.90. The molecule has 0 aliphatic carbocycles. The number of ether oxygens (including phenoxy) is 2. The van der Waals surface area contributed by atoms with Crippen molar-refractivity contribution in [1.29, 1.82) is 0 Å². The zero-order chi connectivity index (χ0) is 37.6. The Labute approximate surface area is 288 Å². The van der Waals surface area contributed by atoms with Crippen molar-refractivity contribution in [3.8, 4) is 16.9 Å². The molecular weight excluding hydrogens is 685 g/mol. The maximum Gasteiger partial charge on any atom is 0.435 e. The normalized spacial score (nSPS) is 14.3. The van der Waals surface area contributed by atoms with Gasteiger partial charge in [0.25, 0.3) is 16.3 Å². The molecule has 0 saturated heterocycles. The number of esters is 1. The lowest BCUT2D eigenvalue weighted by Gasteiger charge is -2.28. The van der Waals surface area contributed by atoms with Crippen LogP contribution in [0.3, 0.4) is 0 Å². The Balaban J connectivity index is 1.71. The summed E-state index contributed by atoms with van der Waals surface area (Å²) in [6, 6.07) is 11.6. The number of rotatable bonds is 13. The van der Waals surface area contributed by atoms with Crippen LogP contribution in [-0.4, -0.2) is 66.2 Å². The molecule has 1 unspecified atom stereocenters. The van der Waals surface area contributed by atoms with E-state index in [0.717, 1.165) is 33.5 Å². The van der Waals surface area contributed by atoms with Crippen LogP contribution in [0.25, 0.3) is 16.9 Å². The summed E-state index contributed by atoms with van der Waals surface area (Å²) in [4.78, 5) is 29.3. The Morgan fingerprint density at radius 2 is 1.68 bits per heavy atom. The molecule has 18 heteroatoms. The van der Waals surface area contributed by atoms with Crippen LogP contribution in [0, 0.1) is 23.5 Å². The topological polar surface area (TPSA) is 167 Å². The van der Waals surface area contributed by atoms with Crippen LogP contribution in [0.2, 0.25) is 0 Å². The average molecular weight is 727 g/mol. The third kappa shape index (κ3) is 10.3. The summed E-state index contributed by atoms with van der Waals surface area (Å²) in [6.07, 6.45) is -6.71. The summed E-state index contributed by atoms with van der Waals surface area (Å²) >= 11 is 0. The summed E-state index contributed by atoms with van der Waals surface area (Å²) in [5.41, 5.74) is -0.316. The number of hydrazine groups is 1. The summed E-state index contributed by atoms with van der Waals surface area (Å²) in [5.74, 6) is -0.830. The van der Waals surface area contributed by atoms with E-state index < -0.39 is 58.3 Å². The number of likely N-dealkylation sites (N-methyl/N-ethyl adjacent to an activating group) is 1. The van der Waals surface area contributed by atoms with Gasteiger partial charge in [-0.1, -0.05) is 50.1 Å². The molecule has 0 saturated carbocycles. The SMILES string of the molecule is CC[C@@H](C)[C@@H](COC(=O)NS(=O)(=O)c1ccc(-n2nc(C(F)(F)F)cc2-c2ccc(C)cc2)cc1)N(C)[N+]([O-])=NOC(C)OC(=O)C(C)(C)C. The number of amides is 1. The first-order valence-corrected chi connectivity index (χ1v) is 16.9. The van der Waals surface area contributed by atoms with Gasteiger partial charge in [-0.2, -0.15) is 18.3 Å². The van der Waals surface area contributed by atoms with Gasteiger partial charge in [-0.25, -0.2) is 22.6 Å². The predicted molar refractivity (Wildman–Crippen MR) is 174 cm³/mol. The molecule has 3 aromatic rings. The molecule has 50 heavy (non-hydrogen) atoms. The smallest absolute Gasteiger partial charge is 0.435 e. The van der Waals surface area contributed by atoms with Crippen molar-refractivity contribution in [1.82, 2.24) is 19.5 Å². The molecule has 0 aliphatic rings. The highest BCUT2D eigenvalue weighted by Gasteiger charge is 2.35. The molecule has 0 aliphatic heterocycles. The fraction of sp³-hybridized carbons (Fsp3) is 0.469. The van der Waals surface area contributed by atoms with Gasteiger partial charge in [0, 0.05) is 12.5 Å². The molecule has 1 aromatic heterocycles. The Morgan fingerprint density at radius 3 is 2.22 bits per heavy atom. The van der Waals surface area contributed by atoms with Crippen LogP contribution in [0.15, 0.2) is 64.8 Å². The van der Waals surface area contributed by atoms with E-state index in [1.54, 1.807) is 56.7 Å². The number of carbonyl (C=O) groups excluding carboxylic acids is 2. The lowest BCUT2D eigenvalue weighted by Crippen LogP contribution is -2.45. The molecule has 0 radical (unpaired) electrons. The van der Waals surface area contributed by atoms with Gasteiger partial charge < -0.3 is 14.7 Å². The first-order valence-electron chi connectivity index (χ1n) is 15.5. The summed E-state index contributed by atoms with van der Waals surface area (Å²) in [6.45, 7) is 11.3. The molecule has 14 nitrogen and oxygen atoms in total. The number of halogens is 3. The summed E-state index contributed by atoms with van der Waals surface area (Å²) in [5, 5.41) is 20.8. The van der Waals surface area contributed by atoms with E-state index in [1.165, 1.54) is 26.1 Å². The zero-order valence-electron chi connectivity index (χ0n) is 28.9. The highest BCUT2D eigenvalue weighted by Crippen LogP contribution is 2.33. The monoisotopic (exact) mass is 726 g/mol. The number of nitrogens with one attached hydrogen (secondary N) is 1. The molecule has 1 heterocycles. The number of sulfonamides is 1. The molecule has 0 fully saturated rings. The minimum atomic E-state index is -4.73. The number of aryl methyl sites for hydroxylation is 1. The van der Waals surface area contributed by atoms with E-state index in [1.807, 2.05) is 13.8 Å². The fourth-order valence-electron chi connectivity index (χ4n) is 4.32. The molecule has 0 bridgehead atoms. The predicted octanol–water partition coefficient (Wildman–Crippen LogP) is 6.37. The van der Waals surface area contributed by atoms with E-state index in [2.05, 4.69) is 10.4 Å². The van der Waals surface area contributed by atoms with Crippen molar-refractivity contribution in [2.75, 3.05) is 13.7 Å². The molecule has 3 rings (SSSR count). The van der Waals surface area contributed by atoms with Crippen molar-refractivity contribution in [3.05, 3.63) is 71.1 Å². The van der Waals surface area contributed by atoms with Crippen molar-refractivity contribution in [3.63, 3.8) is 0 Å². The van der Waals surface area contributed by atoms with Gasteiger partial charge in [0.15, 0.2) is 5.69 Å². The fourth-order valence-corrected chi connectivity index (χ4v) is 5.22. The molecule has 3 atom stereocenters. The van der Waals surface area contributed by atoms with Crippen LogP contribution < -0.4 is 4.72 Å². The molecular formula is C32H41F3N6O8S. The van der Waals surface area contributed by atoms with Crippen LogP contribution in [0.5, 0.6) is 0 Å². The number of aromatic nitrogens is 2. The number of benzene rings is 2. The first-order chi connectivity index (χ1) is 23.1. The average Bonchev–Trinajstić information content (AvgIpc) is 3.49. The Morgan fingerprint density at radius 1 is 1.08 bits per heavy atom. The maximum atomic E-state index is 13.6. The second-order valence-electron chi connectivity index (χ2n) is 12.6. The van der Waals surface area contributed by atoms with Crippen molar-refractivity contribution in [2.45, 2.75) is 78.3 Å². The molecule has 1 N–H and O–H groups in total. The van der Waals surface area contributed by atoms with E-state index in [-0.39, 0.29) is 27.2 Å². The standard InChI is InChI=1S/C32H41F3N6O8S/c1-9-21(3)27(39(8)41(44)38-49-22(4)48-29(42)31(5,6)7)19-47-30(43)37-50(45,46)25-16-14-24(15-17-25)40-26(18-28(36-40)32(33,34)35)23-12-10-20(2)11-13-23/h10-18,21-22,27H,9,19H2,1-8H3,(H,37,43)/t21-,22?,27-/m1/s1. The Kier molecular flexibility index (Phi) is 12.5. The Bertz CT molecular complexity index is 1770. The number of alkyl halides is 3. The minimum absolute atomic E-state index is 0.0827. The summed E-state index contributed by atoms with van der Waals surface area (Å²) < 4.78 is 79.7. The van der Waals surface area contributed by atoms with Gasteiger partial charge in [-0.15, -0.1) is 5.01 Å². The second kappa shape index (κ2) is 15.8. The van der Waals surface area contributed by atoms with Crippen LogP contribution in [-0.2, 0) is 35.3 Å². The number of carbonyl (C=O) groups is 2. The van der Waals surface area contributed by atoms with Crippen LogP contribution in [0.1, 0.15) is 59.2 Å². The minimum Gasteiger partial charge on any atom is -0.569 e. The lowest BCUT2D eigenvalue weighted by molar-refractivity contribution is -0.716. The summed E-state index contributed by atoms with van der Waals surface area (Å²) in [7, 11) is -3.14. The van der Waals surface area contributed by atoms with Crippen molar-refractivity contribution in [2.24, 2.45) is 16.6 Å². The van der Waals surface area contributed by atoms with Gasteiger partial charge in [-0.05, 0) is 63.9 Å². The Hall–Kier alpha value is -4.87. The van der Waals surface area contributed by atoms with E-state index in [0.29, 0.717) is 12.0 Å². The number of nitrogens with zero attached hydrogens (tertiary/aromatic N) is 5. The van der Waals surface area contributed by atoms with Crippen molar-refractivity contribution >= 4 is 22.1 Å². The van der Waals surface area contributed by atoms with Gasteiger partial charge in [-0.3, -0.25) is 9.63 Å².